The number of amides is 1. The van der Waals surface area contributed by atoms with E-state index in [0.717, 1.165) is 5.56 Å². The second-order valence-corrected chi connectivity index (χ2v) is 9.25. The number of esters is 1. The maximum absolute atomic E-state index is 13.7. The lowest BCUT2D eigenvalue weighted by Crippen LogP contribution is -2.59. The molecule has 4 unspecified atom stereocenters. The molecule has 1 aliphatic heterocycles. The van der Waals surface area contributed by atoms with Crippen LogP contribution in [0.2, 0.25) is 5.02 Å². The van der Waals surface area contributed by atoms with Gasteiger partial charge in [0.05, 0.1) is 37.2 Å². The second-order valence-electron chi connectivity index (χ2n) is 8.81. The summed E-state index contributed by atoms with van der Waals surface area (Å²) in [6.45, 7) is -0.235. The standard InChI is InChI=1S/C26H31ClN2O7/c27-20-9-6-17(7-10-20)8-11-21(25(33)36-23(13-31)18-14-34-16-35-15-18)26(29,22(12-30)24(28)32)19-4-2-1-3-5-19/h1-7,9-10,13,18,21-23,30H,8,11-12,14-16,29H2,(H2,28,32). The number of primary amides is 1. The minimum atomic E-state index is -1.72. The number of ether oxygens (including phenoxy) is 3. The number of aldehydes is 1. The van der Waals surface area contributed by atoms with Crippen LogP contribution in [-0.2, 0) is 40.6 Å². The fraction of sp³-hybridized carbons (Fsp3) is 0.423. The number of hydrogen-bond donors (Lipinski definition) is 3. The van der Waals surface area contributed by atoms with E-state index in [1.54, 1.807) is 42.5 Å². The quantitative estimate of drug-likeness (QED) is 0.283. The van der Waals surface area contributed by atoms with E-state index in [-0.39, 0.29) is 26.4 Å². The number of nitrogens with two attached hydrogens (primary N) is 2. The summed E-state index contributed by atoms with van der Waals surface area (Å²) in [4.78, 5) is 38.0. The first kappa shape index (κ1) is 27.8. The Morgan fingerprint density at radius 3 is 2.31 bits per heavy atom. The fourth-order valence-electron chi connectivity index (χ4n) is 4.51. The highest BCUT2D eigenvalue weighted by Gasteiger charge is 2.50. The van der Waals surface area contributed by atoms with Crippen molar-refractivity contribution in [3.63, 3.8) is 0 Å². The lowest BCUT2D eigenvalue weighted by Gasteiger charge is -2.41. The molecule has 0 radical (unpaired) electrons. The Kier molecular flexibility index (Phi) is 9.98. The summed E-state index contributed by atoms with van der Waals surface area (Å²) in [6, 6.07) is 15.6. The number of benzene rings is 2. The molecule has 3 rings (SSSR count). The molecule has 0 aliphatic carbocycles. The molecule has 2 aromatic rings. The van der Waals surface area contributed by atoms with Crippen LogP contribution < -0.4 is 11.5 Å². The Hall–Kier alpha value is -2.82. The van der Waals surface area contributed by atoms with Gasteiger partial charge in [-0.1, -0.05) is 54.1 Å². The predicted molar refractivity (Wildman–Crippen MR) is 132 cm³/mol. The molecule has 0 saturated carbocycles. The van der Waals surface area contributed by atoms with Crippen molar-refractivity contribution < 1.29 is 33.7 Å². The maximum Gasteiger partial charge on any atom is 0.311 e. The van der Waals surface area contributed by atoms with Gasteiger partial charge in [0.25, 0.3) is 0 Å². The molecule has 1 amide bonds. The average Bonchev–Trinajstić information content (AvgIpc) is 2.89. The topological polar surface area (TPSA) is 151 Å². The van der Waals surface area contributed by atoms with Gasteiger partial charge in [-0.05, 0) is 36.1 Å². The van der Waals surface area contributed by atoms with E-state index < -0.39 is 47.9 Å². The average molecular weight is 519 g/mol. The first-order valence-corrected chi connectivity index (χ1v) is 12.0. The smallest absolute Gasteiger partial charge is 0.311 e. The first-order valence-electron chi connectivity index (χ1n) is 11.6. The van der Waals surface area contributed by atoms with Crippen LogP contribution >= 0.6 is 11.6 Å². The van der Waals surface area contributed by atoms with E-state index in [1.807, 2.05) is 12.1 Å². The normalized spacial score (nSPS) is 18.4. The van der Waals surface area contributed by atoms with Crippen LogP contribution in [-0.4, -0.2) is 56.0 Å². The van der Waals surface area contributed by atoms with Crippen molar-refractivity contribution in [2.75, 3.05) is 26.6 Å². The molecule has 2 aromatic carbocycles. The van der Waals surface area contributed by atoms with Gasteiger partial charge in [-0.3, -0.25) is 14.4 Å². The third-order valence-electron chi connectivity index (χ3n) is 6.55. The minimum Gasteiger partial charge on any atom is -0.454 e. The Bertz CT molecular complexity index is 1010. The fourth-order valence-corrected chi connectivity index (χ4v) is 4.64. The number of rotatable bonds is 12. The van der Waals surface area contributed by atoms with Crippen LogP contribution in [0.5, 0.6) is 0 Å². The van der Waals surface area contributed by atoms with Crippen molar-refractivity contribution in [1.29, 1.82) is 0 Å². The summed E-state index contributed by atoms with van der Waals surface area (Å²) in [6.07, 6.45) is -0.105. The van der Waals surface area contributed by atoms with E-state index in [4.69, 9.17) is 37.3 Å². The largest absolute Gasteiger partial charge is 0.454 e. The van der Waals surface area contributed by atoms with Gasteiger partial charge in [0.1, 0.15) is 6.79 Å². The van der Waals surface area contributed by atoms with Crippen molar-refractivity contribution >= 4 is 29.8 Å². The summed E-state index contributed by atoms with van der Waals surface area (Å²) < 4.78 is 16.1. The van der Waals surface area contributed by atoms with E-state index >= 15 is 0 Å². The molecular weight excluding hydrogens is 488 g/mol. The molecule has 0 spiro atoms. The Morgan fingerprint density at radius 1 is 1.11 bits per heavy atom. The van der Waals surface area contributed by atoms with Gasteiger partial charge in [0, 0.05) is 10.9 Å². The molecule has 1 fully saturated rings. The lowest BCUT2D eigenvalue weighted by atomic mass is 9.68. The van der Waals surface area contributed by atoms with Crippen LogP contribution in [0.1, 0.15) is 17.5 Å². The molecule has 194 valence electrons. The lowest BCUT2D eigenvalue weighted by molar-refractivity contribution is -0.179. The molecule has 1 aliphatic rings. The van der Waals surface area contributed by atoms with Crippen LogP contribution in [0.3, 0.4) is 0 Å². The highest BCUT2D eigenvalue weighted by atomic mass is 35.5. The molecule has 10 heteroatoms. The molecule has 36 heavy (non-hydrogen) atoms. The predicted octanol–water partition coefficient (Wildman–Crippen LogP) is 1.57. The maximum atomic E-state index is 13.7. The third-order valence-corrected chi connectivity index (χ3v) is 6.81. The minimum absolute atomic E-state index is 0.0937. The first-order chi connectivity index (χ1) is 17.3. The van der Waals surface area contributed by atoms with E-state index in [9.17, 15) is 19.5 Å². The monoisotopic (exact) mass is 518 g/mol. The van der Waals surface area contributed by atoms with Crippen LogP contribution in [0.25, 0.3) is 0 Å². The van der Waals surface area contributed by atoms with Crippen LogP contribution in [0, 0.1) is 17.8 Å². The second kappa shape index (κ2) is 12.9. The van der Waals surface area contributed by atoms with E-state index in [2.05, 4.69) is 0 Å². The van der Waals surface area contributed by atoms with E-state index in [1.165, 1.54) is 0 Å². The van der Waals surface area contributed by atoms with Crippen LogP contribution in [0.4, 0.5) is 0 Å². The van der Waals surface area contributed by atoms with Crippen molar-refractivity contribution in [3.8, 4) is 0 Å². The number of carbonyl (C=O) groups excluding carboxylic acids is 3. The molecule has 1 heterocycles. The third kappa shape index (κ3) is 6.48. The van der Waals surface area contributed by atoms with Gasteiger partial charge in [-0.15, -0.1) is 0 Å². The highest BCUT2D eigenvalue weighted by molar-refractivity contribution is 6.30. The Balaban J connectivity index is 2.00. The van der Waals surface area contributed by atoms with Gasteiger partial charge in [0.15, 0.2) is 12.4 Å². The number of hydrogen-bond acceptors (Lipinski definition) is 8. The number of carbonyl (C=O) groups is 3. The zero-order chi connectivity index (χ0) is 26.1. The van der Waals surface area contributed by atoms with Crippen molar-refractivity contribution in [3.05, 3.63) is 70.7 Å². The Morgan fingerprint density at radius 2 is 1.75 bits per heavy atom. The summed E-state index contributed by atoms with van der Waals surface area (Å²) in [7, 11) is 0. The molecule has 0 bridgehead atoms. The van der Waals surface area contributed by atoms with Crippen molar-refractivity contribution in [1.82, 2.24) is 0 Å². The number of aliphatic hydroxyl groups is 1. The van der Waals surface area contributed by atoms with Gasteiger partial charge < -0.3 is 30.8 Å². The molecule has 4 atom stereocenters. The molecule has 1 saturated heterocycles. The number of aliphatic hydroxyl groups excluding tert-OH is 1. The van der Waals surface area contributed by atoms with Gasteiger partial charge >= 0.3 is 5.97 Å². The summed E-state index contributed by atoms with van der Waals surface area (Å²) >= 11 is 5.99. The van der Waals surface area contributed by atoms with Gasteiger partial charge in [-0.2, -0.15) is 0 Å². The van der Waals surface area contributed by atoms with Crippen molar-refractivity contribution in [2.45, 2.75) is 24.5 Å². The summed E-state index contributed by atoms with van der Waals surface area (Å²) in [5, 5.41) is 10.7. The summed E-state index contributed by atoms with van der Waals surface area (Å²) in [5.74, 6) is -4.61. The number of halogens is 1. The van der Waals surface area contributed by atoms with Crippen LogP contribution in [0.15, 0.2) is 54.6 Å². The molecule has 0 aromatic heterocycles. The SMILES string of the molecule is NC(=O)C(CO)C(N)(c1ccccc1)C(CCc1ccc(Cl)cc1)C(=O)OC(C=O)C1COCOC1. The highest BCUT2D eigenvalue weighted by Crippen LogP contribution is 2.38. The van der Waals surface area contributed by atoms with Gasteiger partial charge in [-0.25, -0.2) is 0 Å². The van der Waals surface area contributed by atoms with E-state index in [0.29, 0.717) is 23.3 Å². The zero-order valence-electron chi connectivity index (χ0n) is 19.8. The Labute approximate surface area is 214 Å². The van der Waals surface area contributed by atoms with Gasteiger partial charge in [0.2, 0.25) is 5.91 Å². The van der Waals surface area contributed by atoms with Crippen molar-refractivity contribution in [2.24, 2.45) is 29.2 Å². The number of aryl methyl sites for hydroxylation is 1. The molecule has 5 N–H and O–H groups in total. The zero-order valence-corrected chi connectivity index (χ0v) is 20.5. The molecule has 9 nitrogen and oxygen atoms in total. The summed E-state index contributed by atoms with van der Waals surface area (Å²) in [5.41, 5.74) is 12.1. The molecular formula is C26H31ClN2O7.